The Morgan fingerprint density at radius 3 is 2.41 bits per heavy atom. The van der Waals surface area contributed by atoms with Crippen LogP contribution < -0.4 is 0 Å². The van der Waals surface area contributed by atoms with Crippen molar-refractivity contribution in [3.05, 3.63) is 23.8 Å². The summed E-state index contributed by atoms with van der Waals surface area (Å²) in [6.45, 7) is 15.9. The Labute approximate surface area is 136 Å². The summed E-state index contributed by atoms with van der Waals surface area (Å²) in [7, 11) is -0.326. The number of esters is 1. The molecule has 0 amide bonds. The van der Waals surface area contributed by atoms with Gasteiger partial charge in [-0.25, -0.2) is 0 Å². The maximum atomic E-state index is 12.3. The minimum absolute atomic E-state index is 0.152. The fourth-order valence-corrected chi connectivity index (χ4v) is 3.32. The quantitative estimate of drug-likeness (QED) is 0.417. The summed E-state index contributed by atoms with van der Waals surface area (Å²) in [4.78, 5) is 12.3. The maximum Gasteiger partial charge on any atom is 0.319 e. The average Bonchev–Trinajstić information content (AvgIpc) is 2.43. The van der Waals surface area contributed by atoms with E-state index < -0.39 is 13.7 Å². The molecule has 0 saturated heterocycles. The third-order valence-corrected chi connectivity index (χ3v) is 9.61. The van der Waals surface area contributed by atoms with Crippen molar-refractivity contribution in [3.8, 4) is 0 Å². The van der Waals surface area contributed by atoms with Crippen LogP contribution in [0.3, 0.4) is 0 Å². The van der Waals surface area contributed by atoms with E-state index in [9.17, 15) is 4.79 Å². The zero-order valence-electron chi connectivity index (χ0n) is 15.4. The summed E-state index contributed by atoms with van der Waals surface area (Å²) < 4.78 is 11.3. The summed E-state index contributed by atoms with van der Waals surface area (Å²) in [6.07, 6.45) is 6.97. The molecule has 0 spiro atoms. The molecular formula is C18H32O3Si. The Balaban J connectivity index is 2.95. The monoisotopic (exact) mass is 324 g/mol. The highest BCUT2D eigenvalue weighted by Crippen LogP contribution is 2.39. The van der Waals surface area contributed by atoms with Crippen LogP contribution in [-0.2, 0) is 14.0 Å². The molecule has 0 radical (unpaired) electrons. The highest BCUT2D eigenvalue weighted by Gasteiger charge is 2.41. The zero-order chi connectivity index (χ0) is 17.2. The van der Waals surface area contributed by atoms with Crippen molar-refractivity contribution < 1.29 is 14.0 Å². The van der Waals surface area contributed by atoms with E-state index in [-0.39, 0.29) is 16.9 Å². The lowest BCUT2D eigenvalue weighted by molar-refractivity contribution is -0.149. The lowest BCUT2D eigenvalue weighted by Gasteiger charge is -2.37. The molecule has 1 atom stereocenters. The number of allylic oxidation sites excluding steroid dienone is 1. The molecule has 1 rings (SSSR count). The van der Waals surface area contributed by atoms with E-state index in [1.54, 1.807) is 0 Å². The Morgan fingerprint density at radius 1 is 1.36 bits per heavy atom. The topological polar surface area (TPSA) is 35.5 Å². The van der Waals surface area contributed by atoms with Crippen molar-refractivity contribution in [1.29, 1.82) is 0 Å². The van der Waals surface area contributed by atoms with Gasteiger partial charge < -0.3 is 9.16 Å². The standard InChI is InChI=1S/C18H32O3Si/c1-14(2)18(16(19)20-6)11-9-10-15(12-18)13-21-22(7,8)17(3,4)5/h9,11-12,14H,10,13H2,1-8H3. The zero-order valence-corrected chi connectivity index (χ0v) is 16.4. The van der Waals surface area contributed by atoms with E-state index >= 15 is 0 Å². The molecule has 1 unspecified atom stereocenters. The predicted octanol–water partition coefficient (Wildman–Crippen LogP) is 4.71. The normalized spacial score (nSPS) is 22.7. The Morgan fingerprint density at radius 2 is 1.95 bits per heavy atom. The first-order valence-electron chi connectivity index (χ1n) is 8.07. The molecule has 126 valence electrons. The summed E-state index contributed by atoms with van der Waals surface area (Å²) >= 11 is 0. The van der Waals surface area contributed by atoms with E-state index in [0.717, 1.165) is 6.42 Å². The number of methoxy groups -OCH3 is 1. The third kappa shape index (κ3) is 3.90. The fourth-order valence-electron chi connectivity index (χ4n) is 2.34. The summed E-state index contributed by atoms with van der Waals surface area (Å²) in [5, 5.41) is 0.190. The number of ether oxygens (including phenoxy) is 1. The van der Waals surface area contributed by atoms with Crippen LogP contribution in [0.25, 0.3) is 0 Å². The Hall–Kier alpha value is -0.873. The highest BCUT2D eigenvalue weighted by atomic mass is 28.4. The highest BCUT2D eigenvalue weighted by molar-refractivity contribution is 6.74. The molecule has 0 bridgehead atoms. The van der Waals surface area contributed by atoms with Gasteiger partial charge in [-0.2, -0.15) is 0 Å². The molecule has 0 aliphatic heterocycles. The maximum absolute atomic E-state index is 12.3. The minimum atomic E-state index is -1.78. The largest absolute Gasteiger partial charge is 0.468 e. The van der Waals surface area contributed by atoms with Crippen LogP contribution in [0.15, 0.2) is 23.8 Å². The third-order valence-electron chi connectivity index (χ3n) is 5.14. The number of carbonyl (C=O) groups is 1. The van der Waals surface area contributed by atoms with Crippen LogP contribution >= 0.6 is 0 Å². The molecule has 0 aromatic rings. The first-order valence-corrected chi connectivity index (χ1v) is 11.0. The van der Waals surface area contributed by atoms with Crippen LogP contribution in [0.2, 0.25) is 18.1 Å². The van der Waals surface area contributed by atoms with Crippen LogP contribution in [0.4, 0.5) is 0 Å². The van der Waals surface area contributed by atoms with E-state index in [0.29, 0.717) is 6.61 Å². The molecule has 0 N–H and O–H groups in total. The van der Waals surface area contributed by atoms with Gasteiger partial charge in [0.1, 0.15) is 5.41 Å². The van der Waals surface area contributed by atoms with Gasteiger partial charge in [-0.1, -0.05) is 52.8 Å². The van der Waals surface area contributed by atoms with E-state index in [4.69, 9.17) is 9.16 Å². The molecule has 1 aliphatic carbocycles. The van der Waals surface area contributed by atoms with Crippen LogP contribution in [0, 0.1) is 11.3 Å². The van der Waals surface area contributed by atoms with Gasteiger partial charge in [-0.05, 0) is 36.0 Å². The van der Waals surface area contributed by atoms with Crippen molar-refractivity contribution in [3.63, 3.8) is 0 Å². The minimum Gasteiger partial charge on any atom is -0.468 e. The molecule has 0 heterocycles. The molecule has 3 nitrogen and oxygen atoms in total. The summed E-state index contributed by atoms with van der Waals surface area (Å²) in [5.41, 5.74) is 0.519. The second-order valence-corrected chi connectivity index (χ2v) is 12.8. The summed E-state index contributed by atoms with van der Waals surface area (Å²) in [5.74, 6) is -0.0392. The van der Waals surface area contributed by atoms with Gasteiger partial charge in [-0.3, -0.25) is 4.79 Å². The van der Waals surface area contributed by atoms with Gasteiger partial charge in [0.15, 0.2) is 8.32 Å². The van der Waals surface area contributed by atoms with Gasteiger partial charge in [0.05, 0.1) is 13.7 Å². The average molecular weight is 325 g/mol. The number of carbonyl (C=O) groups excluding carboxylic acids is 1. The molecule has 4 heteroatoms. The van der Waals surface area contributed by atoms with Crippen molar-refractivity contribution in [1.82, 2.24) is 0 Å². The van der Waals surface area contributed by atoms with Crippen LogP contribution in [-0.4, -0.2) is 28.0 Å². The van der Waals surface area contributed by atoms with Crippen molar-refractivity contribution in [2.24, 2.45) is 11.3 Å². The SMILES string of the molecule is COC(=O)C1(C(C)C)C=CCC(CO[Si](C)(C)C(C)(C)C)=C1. The Bertz CT molecular complexity index is 469. The predicted molar refractivity (Wildman–Crippen MR) is 94.3 cm³/mol. The molecule has 0 fully saturated rings. The number of rotatable bonds is 5. The van der Waals surface area contributed by atoms with Crippen LogP contribution in [0.5, 0.6) is 0 Å². The van der Waals surface area contributed by atoms with E-state index in [1.165, 1.54) is 12.7 Å². The molecule has 1 aliphatic rings. The van der Waals surface area contributed by atoms with Gasteiger partial charge in [0.25, 0.3) is 0 Å². The van der Waals surface area contributed by atoms with Gasteiger partial charge in [0.2, 0.25) is 0 Å². The van der Waals surface area contributed by atoms with Crippen molar-refractivity contribution >= 4 is 14.3 Å². The van der Waals surface area contributed by atoms with Crippen LogP contribution in [0.1, 0.15) is 41.0 Å². The van der Waals surface area contributed by atoms with Crippen molar-refractivity contribution in [2.75, 3.05) is 13.7 Å². The fraction of sp³-hybridized carbons (Fsp3) is 0.722. The lowest BCUT2D eigenvalue weighted by atomic mass is 9.73. The first kappa shape index (κ1) is 19.2. The second-order valence-electron chi connectivity index (χ2n) is 8.04. The van der Waals surface area contributed by atoms with Gasteiger partial charge >= 0.3 is 5.97 Å². The van der Waals surface area contributed by atoms with Gasteiger partial charge in [-0.15, -0.1) is 0 Å². The molecular weight excluding hydrogens is 292 g/mol. The van der Waals surface area contributed by atoms with E-state index in [1.807, 2.05) is 6.08 Å². The first-order chi connectivity index (χ1) is 9.96. The molecule has 22 heavy (non-hydrogen) atoms. The summed E-state index contributed by atoms with van der Waals surface area (Å²) in [6, 6.07) is 0. The molecule has 0 saturated carbocycles. The van der Waals surface area contributed by atoms with Crippen molar-refractivity contribution in [2.45, 2.75) is 59.2 Å². The second kappa shape index (κ2) is 6.71. The molecule has 0 aromatic carbocycles. The lowest BCUT2D eigenvalue weighted by Crippen LogP contribution is -2.41. The number of hydrogen-bond donors (Lipinski definition) is 0. The van der Waals surface area contributed by atoms with E-state index in [2.05, 4.69) is 59.9 Å². The Kier molecular flexibility index (Phi) is 5.85. The smallest absolute Gasteiger partial charge is 0.319 e. The molecule has 0 aromatic heterocycles. The van der Waals surface area contributed by atoms with Gasteiger partial charge in [0, 0.05) is 0 Å². The number of hydrogen-bond acceptors (Lipinski definition) is 3.